The number of hydrogen-bond acceptors (Lipinski definition) is 3. The molecule has 1 aromatic heterocycles. The molecule has 0 bridgehead atoms. The van der Waals surface area contributed by atoms with E-state index in [1.165, 1.54) is 12.8 Å². The largest absolute Gasteiger partial charge is 0.489 e. The number of nitrogens with zero attached hydrogens (tertiary/aromatic N) is 2. The average Bonchev–Trinajstić information content (AvgIpc) is 2.33. The molecule has 1 fully saturated rings. The zero-order valence-electron chi connectivity index (χ0n) is 11.0. The van der Waals surface area contributed by atoms with Gasteiger partial charge < -0.3 is 9.64 Å². The second-order valence-electron chi connectivity index (χ2n) is 5.15. The van der Waals surface area contributed by atoms with E-state index >= 15 is 0 Å². The van der Waals surface area contributed by atoms with Gasteiger partial charge in [0.1, 0.15) is 5.75 Å². The summed E-state index contributed by atoms with van der Waals surface area (Å²) in [5, 5.41) is 0. The quantitative estimate of drug-likeness (QED) is 0.804. The van der Waals surface area contributed by atoms with Crippen molar-refractivity contribution >= 4 is 0 Å². The predicted octanol–water partition coefficient (Wildman–Crippen LogP) is 2.64. The van der Waals surface area contributed by atoms with Gasteiger partial charge >= 0.3 is 0 Å². The number of pyridine rings is 1. The van der Waals surface area contributed by atoms with Gasteiger partial charge in [0.05, 0.1) is 12.3 Å². The lowest BCUT2D eigenvalue weighted by molar-refractivity contribution is 0.111. The molecule has 2 rings (SSSR count). The van der Waals surface area contributed by atoms with E-state index in [1.807, 2.05) is 25.3 Å². The van der Waals surface area contributed by atoms with Crippen molar-refractivity contribution in [3.8, 4) is 5.75 Å². The second kappa shape index (κ2) is 5.50. The molecular weight excluding hydrogens is 212 g/mol. The van der Waals surface area contributed by atoms with Crippen LogP contribution in [0.2, 0.25) is 0 Å². The first-order valence-electron chi connectivity index (χ1n) is 6.41. The zero-order chi connectivity index (χ0) is 12.3. The van der Waals surface area contributed by atoms with E-state index in [1.54, 1.807) is 0 Å². The summed E-state index contributed by atoms with van der Waals surface area (Å²) < 4.78 is 5.96. The molecule has 0 N–H and O–H groups in total. The predicted molar refractivity (Wildman–Crippen MR) is 69.3 cm³/mol. The van der Waals surface area contributed by atoms with Crippen LogP contribution in [0.15, 0.2) is 18.3 Å². The summed E-state index contributed by atoms with van der Waals surface area (Å²) >= 11 is 0. The lowest BCUT2D eigenvalue weighted by atomic mass is 9.92. The molecule has 1 aliphatic rings. The Balaban J connectivity index is 1.84. The van der Waals surface area contributed by atoms with Gasteiger partial charge in [-0.2, -0.15) is 0 Å². The van der Waals surface area contributed by atoms with Gasteiger partial charge in [0.25, 0.3) is 0 Å². The van der Waals surface area contributed by atoms with Crippen LogP contribution in [-0.2, 0) is 0 Å². The van der Waals surface area contributed by atoms with Gasteiger partial charge in [-0.3, -0.25) is 4.98 Å². The Hall–Kier alpha value is -1.09. The van der Waals surface area contributed by atoms with Crippen molar-refractivity contribution in [1.29, 1.82) is 0 Å². The maximum Gasteiger partial charge on any atom is 0.138 e. The highest BCUT2D eigenvalue weighted by Gasteiger charge is 2.23. The first-order valence-corrected chi connectivity index (χ1v) is 6.41. The molecular formula is C14H22N2O. The Kier molecular flexibility index (Phi) is 4.00. The van der Waals surface area contributed by atoms with E-state index in [9.17, 15) is 0 Å². The average molecular weight is 234 g/mol. The molecule has 0 atom stereocenters. The molecule has 0 aliphatic heterocycles. The Morgan fingerprint density at radius 3 is 2.41 bits per heavy atom. The third-order valence-electron chi connectivity index (χ3n) is 3.56. The fourth-order valence-electron chi connectivity index (χ4n) is 2.40. The fourth-order valence-corrected chi connectivity index (χ4v) is 2.40. The van der Waals surface area contributed by atoms with Gasteiger partial charge in [0.2, 0.25) is 0 Å². The van der Waals surface area contributed by atoms with Gasteiger partial charge in [-0.15, -0.1) is 0 Å². The summed E-state index contributed by atoms with van der Waals surface area (Å²) in [6.07, 6.45) is 6.96. The van der Waals surface area contributed by atoms with Crippen LogP contribution in [0.1, 0.15) is 31.4 Å². The molecule has 3 nitrogen and oxygen atoms in total. The molecule has 0 unspecified atom stereocenters. The molecule has 0 aromatic carbocycles. The topological polar surface area (TPSA) is 25.4 Å². The molecule has 94 valence electrons. The van der Waals surface area contributed by atoms with Crippen LogP contribution in [0.5, 0.6) is 5.75 Å². The summed E-state index contributed by atoms with van der Waals surface area (Å²) in [5.74, 6) is 0.906. The highest BCUT2D eigenvalue weighted by atomic mass is 16.5. The first-order chi connectivity index (χ1) is 8.15. The molecule has 3 heteroatoms. The maximum absolute atomic E-state index is 5.96. The summed E-state index contributed by atoms with van der Waals surface area (Å²) in [7, 11) is 4.32. The molecule has 0 spiro atoms. The highest BCUT2D eigenvalue weighted by Crippen LogP contribution is 2.25. The molecule has 1 saturated carbocycles. The van der Waals surface area contributed by atoms with E-state index in [-0.39, 0.29) is 0 Å². The number of ether oxygens (including phenoxy) is 1. The molecule has 0 radical (unpaired) electrons. The molecule has 17 heavy (non-hydrogen) atoms. The molecule has 1 aromatic rings. The van der Waals surface area contributed by atoms with E-state index < -0.39 is 0 Å². The van der Waals surface area contributed by atoms with Crippen molar-refractivity contribution in [2.75, 3.05) is 14.1 Å². The SMILES string of the molecule is Cc1ccc(OC2CCC(N(C)C)CC2)cn1. The van der Waals surface area contributed by atoms with Crippen molar-refractivity contribution in [3.63, 3.8) is 0 Å². The van der Waals surface area contributed by atoms with E-state index in [2.05, 4.69) is 24.0 Å². The third kappa shape index (κ3) is 3.43. The lowest BCUT2D eigenvalue weighted by Crippen LogP contribution is -2.35. The summed E-state index contributed by atoms with van der Waals surface area (Å²) in [4.78, 5) is 6.58. The molecule has 1 heterocycles. The van der Waals surface area contributed by atoms with Gasteiger partial charge in [-0.25, -0.2) is 0 Å². The Bertz CT molecular complexity index is 340. The summed E-state index contributed by atoms with van der Waals surface area (Å²) in [5.41, 5.74) is 1.04. The third-order valence-corrected chi connectivity index (χ3v) is 3.56. The summed E-state index contributed by atoms with van der Waals surface area (Å²) in [6.45, 7) is 1.99. The van der Waals surface area contributed by atoms with Crippen LogP contribution in [0.25, 0.3) is 0 Å². The molecule has 1 aliphatic carbocycles. The van der Waals surface area contributed by atoms with Gasteiger partial charge in [-0.1, -0.05) is 0 Å². The minimum Gasteiger partial charge on any atom is -0.489 e. The van der Waals surface area contributed by atoms with Crippen molar-refractivity contribution in [1.82, 2.24) is 9.88 Å². The van der Waals surface area contributed by atoms with Crippen LogP contribution < -0.4 is 4.74 Å². The van der Waals surface area contributed by atoms with Crippen LogP contribution >= 0.6 is 0 Å². The fraction of sp³-hybridized carbons (Fsp3) is 0.643. The first kappa shape index (κ1) is 12.4. The number of aryl methyl sites for hydroxylation is 1. The van der Waals surface area contributed by atoms with Gasteiger partial charge in [0, 0.05) is 11.7 Å². The van der Waals surface area contributed by atoms with Gasteiger partial charge in [0.15, 0.2) is 0 Å². The van der Waals surface area contributed by atoms with Crippen LogP contribution in [0, 0.1) is 6.92 Å². The Morgan fingerprint density at radius 1 is 1.18 bits per heavy atom. The van der Waals surface area contributed by atoms with E-state index in [0.717, 1.165) is 30.3 Å². The number of aromatic nitrogens is 1. The minimum absolute atomic E-state index is 0.371. The van der Waals surface area contributed by atoms with Crippen LogP contribution in [-0.4, -0.2) is 36.1 Å². The minimum atomic E-state index is 0.371. The van der Waals surface area contributed by atoms with Crippen molar-refractivity contribution < 1.29 is 4.74 Å². The number of rotatable bonds is 3. The van der Waals surface area contributed by atoms with E-state index in [0.29, 0.717) is 6.10 Å². The summed E-state index contributed by atoms with van der Waals surface area (Å²) in [6, 6.07) is 4.74. The smallest absolute Gasteiger partial charge is 0.138 e. The second-order valence-corrected chi connectivity index (χ2v) is 5.15. The Morgan fingerprint density at radius 2 is 1.88 bits per heavy atom. The molecule has 0 amide bonds. The van der Waals surface area contributed by atoms with Crippen molar-refractivity contribution in [2.45, 2.75) is 44.8 Å². The maximum atomic E-state index is 5.96. The monoisotopic (exact) mass is 234 g/mol. The Labute approximate surface area is 104 Å². The van der Waals surface area contributed by atoms with Crippen molar-refractivity contribution in [2.24, 2.45) is 0 Å². The lowest BCUT2D eigenvalue weighted by Gasteiger charge is -2.32. The highest BCUT2D eigenvalue weighted by molar-refractivity contribution is 5.19. The molecule has 0 saturated heterocycles. The van der Waals surface area contributed by atoms with Gasteiger partial charge in [-0.05, 0) is 58.8 Å². The van der Waals surface area contributed by atoms with Crippen LogP contribution in [0.4, 0.5) is 0 Å². The van der Waals surface area contributed by atoms with Crippen LogP contribution in [0.3, 0.4) is 0 Å². The standard InChI is InChI=1S/C14H22N2O/c1-11-4-7-14(10-15-11)17-13-8-5-12(6-9-13)16(2)3/h4,7,10,12-13H,5-6,8-9H2,1-3H3. The zero-order valence-corrected chi connectivity index (χ0v) is 11.0. The normalized spacial score (nSPS) is 24.9. The van der Waals surface area contributed by atoms with Crippen molar-refractivity contribution in [3.05, 3.63) is 24.0 Å². The number of hydrogen-bond donors (Lipinski definition) is 0. The van der Waals surface area contributed by atoms with E-state index in [4.69, 9.17) is 4.74 Å².